The third-order valence-electron chi connectivity index (χ3n) is 3.65. The number of hydrogen-bond acceptors (Lipinski definition) is 5. The van der Waals surface area contributed by atoms with Crippen LogP contribution in [0.4, 0.5) is 0 Å². The highest BCUT2D eigenvalue weighted by Gasteiger charge is 2.16. The summed E-state index contributed by atoms with van der Waals surface area (Å²) in [4.78, 5) is 5.68. The highest BCUT2D eigenvalue weighted by atomic mass is 32.1. The fraction of sp³-hybridized carbons (Fsp3) is 0.375. The molecule has 0 aliphatic carbocycles. The Morgan fingerprint density at radius 1 is 1.32 bits per heavy atom. The largest absolute Gasteiger partial charge is 0.377 e. The third kappa shape index (κ3) is 2.65. The van der Waals surface area contributed by atoms with Crippen molar-refractivity contribution in [2.75, 3.05) is 7.11 Å². The van der Waals surface area contributed by atoms with Crippen LogP contribution in [0.3, 0.4) is 0 Å². The van der Waals surface area contributed by atoms with Crippen LogP contribution in [0.15, 0.2) is 24.3 Å². The Labute approximate surface area is 133 Å². The number of hydrogen-bond donors (Lipinski definition) is 1. The number of methoxy groups -OCH3 is 1. The summed E-state index contributed by atoms with van der Waals surface area (Å²) in [7, 11) is 1.68. The fourth-order valence-corrected chi connectivity index (χ4v) is 3.39. The number of nitrogens with two attached hydrogens (primary N) is 1. The molecule has 0 spiro atoms. The summed E-state index contributed by atoms with van der Waals surface area (Å²) in [5, 5.41) is 5.54. The first-order chi connectivity index (χ1) is 10.6. The van der Waals surface area contributed by atoms with Gasteiger partial charge in [-0.2, -0.15) is 5.10 Å². The van der Waals surface area contributed by atoms with E-state index >= 15 is 0 Å². The summed E-state index contributed by atoms with van der Waals surface area (Å²) in [6.07, 6.45) is 0.877. The van der Waals surface area contributed by atoms with Crippen LogP contribution in [0.25, 0.3) is 16.2 Å². The van der Waals surface area contributed by atoms with Gasteiger partial charge in [0.05, 0.1) is 18.0 Å². The van der Waals surface area contributed by atoms with Crippen LogP contribution in [-0.4, -0.2) is 21.7 Å². The quantitative estimate of drug-likeness (QED) is 0.785. The second-order valence-corrected chi connectivity index (χ2v) is 6.34. The van der Waals surface area contributed by atoms with E-state index in [9.17, 15) is 0 Å². The van der Waals surface area contributed by atoms with Gasteiger partial charge in [-0.25, -0.2) is 9.50 Å². The predicted octanol–water partition coefficient (Wildman–Crippen LogP) is 3.19. The zero-order chi connectivity index (χ0) is 15.7. The predicted molar refractivity (Wildman–Crippen MR) is 89.0 cm³/mol. The molecule has 0 amide bonds. The maximum absolute atomic E-state index is 5.91. The van der Waals surface area contributed by atoms with Gasteiger partial charge in [0.2, 0.25) is 4.96 Å². The van der Waals surface area contributed by atoms with Crippen LogP contribution in [-0.2, 0) is 17.8 Å². The van der Waals surface area contributed by atoms with Gasteiger partial charge in [0.15, 0.2) is 0 Å². The average molecular weight is 316 g/mol. The summed E-state index contributed by atoms with van der Waals surface area (Å²) in [6.45, 7) is 4.63. The zero-order valence-corrected chi connectivity index (χ0v) is 13.9. The summed E-state index contributed by atoms with van der Waals surface area (Å²) in [5.74, 6) is 0. The SMILES string of the molecule is CCc1c(-c2ccc(C(C)N)cc2)nc2sc(COC)nn12. The van der Waals surface area contributed by atoms with Crippen LogP contribution in [0.1, 0.15) is 36.2 Å². The highest BCUT2D eigenvalue weighted by molar-refractivity contribution is 7.16. The number of ether oxygens (including phenoxy) is 1. The smallest absolute Gasteiger partial charge is 0.213 e. The number of aryl methyl sites for hydroxylation is 1. The Bertz CT molecular complexity index is 773. The van der Waals surface area contributed by atoms with E-state index in [1.54, 1.807) is 18.4 Å². The molecular formula is C16H20N4OS. The first-order valence-electron chi connectivity index (χ1n) is 7.36. The Kier molecular flexibility index (Phi) is 4.24. The van der Waals surface area contributed by atoms with E-state index in [0.29, 0.717) is 6.61 Å². The van der Waals surface area contributed by atoms with E-state index < -0.39 is 0 Å². The van der Waals surface area contributed by atoms with E-state index in [1.807, 2.05) is 11.4 Å². The van der Waals surface area contributed by atoms with E-state index in [-0.39, 0.29) is 6.04 Å². The normalized spacial score (nSPS) is 12.9. The van der Waals surface area contributed by atoms with Crippen molar-refractivity contribution in [2.24, 2.45) is 5.73 Å². The lowest BCUT2D eigenvalue weighted by Crippen LogP contribution is -2.04. The molecule has 3 rings (SSSR count). The maximum Gasteiger partial charge on any atom is 0.213 e. The van der Waals surface area contributed by atoms with Crippen molar-refractivity contribution in [3.8, 4) is 11.3 Å². The minimum Gasteiger partial charge on any atom is -0.377 e. The Balaban J connectivity index is 2.04. The molecule has 2 N–H and O–H groups in total. The molecule has 5 nitrogen and oxygen atoms in total. The maximum atomic E-state index is 5.91. The van der Waals surface area contributed by atoms with Gasteiger partial charge < -0.3 is 10.5 Å². The molecule has 6 heteroatoms. The van der Waals surface area contributed by atoms with E-state index in [1.165, 1.54) is 0 Å². The van der Waals surface area contributed by atoms with Gasteiger partial charge >= 0.3 is 0 Å². The molecule has 116 valence electrons. The number of nitrogens with zero attached hydrogens (tertiary/aromatic N) is 3. The molecule has 1 unspecified atom stereocenters. The summed E-state index contributed by atoms with van der Waals surface area (Å²) in [6, 6.07) is 8.34. The van der Waals surface area contributed by atoms with Crippen molar-refractivity contribution >= 4 is 16.3 Å². The van der Waals surface area contributed by atoms with Gasteiger partial charge in [-0.05, 0) is 18.9 Å². The molecule has 2 heterocycles. The fourth-order valence-electron chi connectivity index (χ4n) is 2.50. The Hall–Kier alpha value is -1.76. The molecule has 1 atom stereocenters. The van der Waals surface area contributed by atoms with Crippen molar-refractivity contribution in [2.45, 2.75) is 32.9 Å². The van der Waals surface area contributed by atoms with Gasteiger partial charge in [-0.15, -0.1) is 0 Å². The van der Waals surface area contributed by atoms with Crippen molar-refractivity contribution in [3.63, 3.8) is 0 Å². The van der Waals surface area contributed by atoms with Crippen LogP contribution >= 0.6 is 11.3 Å². The van der Waals surface area contributed by atoms with Gasteiger partial charge in [0.25, 0.3) is 0 Å². The van der Waals surface area contributed by atoms with Gasteiger partial charge in [0, 0.05) is 18.7 Å². The molecule has 0 fully saturated rings. The number of imidazole rings is 1. The molecule has 0 aliphatic rings. The molecule has 1 aromatic carbocycles. The molecular weight excluding hydrogens is 296 g/mol. The van der Waals surface area contributed by atoms with E-state index in [4.69, 9.17) is 15.5 Å². The van der Waals surface area contributed by atoms with Crippen LogP contribution < -0.4 is 5.73 Å². The summed E-state index contributed by atoms with van der Waals surface area (Å²) >= 11 is 1.57. The topological polar surface area (TPSA) is 65.4 Å². The minimum atomic E-state index is 0.0449. The number of fused-ring (bicyclic) bond motifs is 1. The summed E-state index contributed by atoms with van der Waals surface area (Å²) < 4.78 is 7.08. The lowest BCUT2D eigenvalue weighted by Gasteiger charge is -2.06. The number of rotatable bonds is 5. The molecule has 0 saturated carbocycles. The number of aromatic nitrogens is 3. The molecule has 3 aromatic rings. The Morgan fingerprint density at radius 2 is 2.05 bits per heavy atom. The monoisotopic (exact) mass is 316 g/mol. The molecule has 22 heavy (non-hydrogen) atoms. The molecule has 2 aromatic heterocycles. The average Bonchev–Trinajstić information content (AvgIpc) is 3.04. The first kappa shape index (κ1) is 15.1. The van der Waals surface area contributed by atoms with Crippen molar-refractivity contribution in [1.29, 1.82) is 0 Å². The van der Waals surface area contributed by atoms with Crippen molar-refractivity contribution in [3.05, 3.63) is 40.5 Å². The molecule has 0 bridgehead atoms. The second-order valence-electron chi connectivity index (χ2n) is 5.29. The van der Waals surface area contributed by atoms with Crippen LogP contribution in [0.2, 0.25) is 0 Å². The summed E-state index contributed by atoms with van der Waals surface area (Å²) in [5.41, 5.74) is 10.3. The number of benzene rings is 1. The minimum absolute atomic E-state index is 0.0449. The van der Waals surface area contributed by atoms with E-state index in [0.717, 1.165) is 38.9 Å². The van der Waals surface area contributed by atoms with Gasteiger partial charge in [0.1, 0.15) is 5.01 Å². The third-order valence-corrected chi connectivity index (χ3v) is 4.53. The zero-order valence-electron chi connectivity index (χ0n) is 13.0. The second kappa shape index (κ2) is 6.16. The Morgan fingerprint density at radius 3 is 2.64 bits per heavy atom. The first-order valence-corrected chi connectivity index (χ1v) is 8.17. The lowest BCUT2D eigenvalue weighted by atomic mass is 10.0. The van der Waals surface area contributed by atoms with Crippen LogP contribution in [0, 0.1) is 0 Å². The highest BCUT2D eigenvalue weighted by Crippen LogP contribution is 2.28. The van der Waals surface area contributed by atoms with Crippen molar-refractivity contribution in [1.82, 2.24) is 14.6 Å². The molecule has 0 saturated heterocycles. The van der Waals surface area contributed by atoms with Gasteiger partial charge in [-0.3, -0.25) is 0 Å². The van der Waals surface area contributed by atoms with E-state index in [2.05, 4.69) is 36.3 Å². The van der Waals surface area contributed by atoms with Crippen molar-refractivity contribution < 1.29 is 4.74 Å². The molecule has 0 radical (unpaired) electrons. The van der Waals surface area contributed by atoms with Crippen LogP contribution in [0.5, 0.6) is 0 Å². The molecule has 0 aliphatic heterocycles. The lowest BCUT2D eigenvalue weighted by molar-refractivity contribution is 0.183. The van der Waals surface area contributed by atoms with Gasteiger partial charge in [-0.1, -0.05) is 42.5 Å². The standard InChI is InChI=1S/C16H20N4OS/c1-4-13-15(12-7-5-11(6-8-12)10(2)17)18-16-20(13)19-14(22-16)9-21-3/h5-8,10H,4,9,17H2,1-3H3.